The maximum absolute atomic E-state index is 13.0. The van der Waals surface area contributed by atoms with Crippen LogP contribution in [0.25, 0.3) is 16.8 Å². The summed E-state index contributed by atoms with van der Waals surface area (Å²) in [5, 5.41) is 4.95. The number of thiophene rings is 1. The van der Waals surface area contributed by atoms with Gasteiger partial charge in [0.2, 0.25) is 0 Å². The van der Waals surface area contributed by atoms with Gasteiger partial charge in [-0.05, 0) is 60.4 Å². The third-order valence-electron chi connectivity index (χ3n) is 4.32. The summed E-state index contributed by atoms with van der Waals surface area (Å²) in [4.78, 5) is 26.3. The van der Waals surface area contributed by atoms with Crippen molar-refractivity contribution in [3.63, 3.8) is 0 Å². The molecule has 0 spiro atoms. The van der Waals surface area contributed by atoms with E-state index < -0.39 is 0 Å². The number of carbonyl (C=O) groups excluding carboxylic acids is 2. The molecule has 0 atom stereocenters. The topological polar surface area (TPSA) is 58.6 Å². The van der Waals surface area contributed by atoms with Crippen LogP contribution in [0.3, 0.4) is 0 Å². The predicted octanol–water partition coefficient (Wildman–Crippen LogP) is 5.23. The minimum absolute atomic E-state index is 0.0158. The van der Waals surface area contributed by atoms with Crippen LogP contribution in [0, 0.1) is 0 Å². The maximum atomic E-state index is 13.0. The van der Waals surface area contributed by atoms with E-state index in [0.29, 0.717) is 15.5 Å². The molecule has 1 aromatic heterocycles. The molecule has 3 aromatic rings. The van der Waals surface area contributed by atoms with Gasteiger partial charge in [0, 0.05) is 5.56 Å². The van der Waals surface area contributed by atoms with Crippen molar-refractivity contribution >= 4 is 68.3 Å². The Kier molecular flexibility index (Phi) is 5.90. The molecule has 1 saturated heterocycles. The lowest BCUT2D eigenvalue weighted by Crippen LogP contribution is -2.44. The zero-order chi connectivity index (χ0) is 21.3. The van der Waals surface area contributed by atoms with Crippen LogP contribution in [0.5, 0.6) is 5.75 Å². The van der Waals surface area contributed by atoms with Crippen LogP contribution in [0.4, 0.5) is 0 Å². The first-order valence-electron chi connectivity index (χ1n) is 9.25. The molecule has 1 aliphatic heterocycles. The normalized spacial score (nSPS) is 15.4. The van der Waals surface area contributed by atoms with Crippen molar-refractivity contribution in [2.24, 2.45) is 0 Å². The van der Waals surface area contributed by atoms with Crippen LogP contribution in [0.1, 0.15) is 29.1 Å². The highest BCUT2D eigenvalue weighted by Gasteiger charge is 2.34. The molecule has 0 aliphatic carbocycles. The molecule has 1 N–H and O–H groups in total. The minimum atomic E-state index is -0.364. The molecule has 2 amide bonds. The lowest BCUT2D eigenvalue weighted by Gasteiger charge is -2.15. The van der Waals surface area contributed by atoms with Crippen LogP contribution in [-0.4, -0.2) is 27.2 Å². The summed E-state index contributed by atoms with van der Waals surface area (Å²) < 4.78 is 6.27. The first-order chi connectivity index (χ1) is 14.4. The number of hydrogen-bond acceptors (Lipinski definition) is 6. The van der Waals surface area contributed by atoms with E-state index in [4.69, 9.17) is 17.0 Å². The van der Waals surface area contributed by atoms with Gasteiger partial charge in [0.1, 0.15) is 5.75 Å². The van der Waals surface area contributed by atoms with Gasteiger partial charge < -0.3 is 4.74 Å². The molecule has 8 heteroatoms. The Morgan fingerprint density at radius 3 is 2.70 bits per heavy atom. The fourth-order valence-electron chi connectivity index (χ4n) is 3.04. The number of hydrogen-bond donors (Lipinski definition) is 1. The third-order valence-corrected chi connectivity index (χ3v) is 6.49. The van der Waals surface area contributed by atoms with E-state index in [0.717, 1.165) is 33.1 Å². The molecule has 30 heavy (non-hydrogen) atoms. The summed E-state index contributed by atoms with van der Waals surface area (Å²) >= 11 is 7.79. The van der Waals surface area contributed by atoms with E-state index in [2.05, 4.69) is 5.43 Å². The van der Waals surface area contributed by atoms with Crippen LogP contribution >= 0.6 is 35.3 Å². The van der Waals surface area contributed by atoms with Crippen molar-refractivity contribution in [1.29, 1.82) is 0 Å². The van der Waals surface area contributed by atoms with Crippen LogP contribution in [0.15, 0.2) is 58.8 Å². The number of rotatable bonds is 5. The molecule has 5 nitrogen and oxygen atoms in total. The zero-order valence-electron chi connectivity index (χ0n) is 16.2. The molecule has 0 bridgehead atoms. The van der Waals surface area contributed by atoms with Gasteiger partial charge in [-0.3, -0.25) is 15.0 Å². The van der Waals surface area contributed by atoms with Crippen molar-refractivity contribution < 1.29 is 14.3 Å². The van der Waals surface area contributed by atoms with Crippen molar-refractivity contribution in [3.8, 4) is 5.75 Å². The highest BCUT2D eigenvalue weighted by molar-refractivity contribution is 8.26. The first kappa shape index (κ1) is 20.6. The first-order valence-corrected chi connectivity index (χ1v) is 11.4. The average molecular weight is 455 g/mol. The van der Waals surface area contributed by atoms with Crippen molar-refractivity contribution in [2.45, 2.75) is 20.0 Å². The largest absolute Gasteiger partial charge is 0.490 e. The van der Waals surface area contributed by atoms with E-state index in [1.54, 1.807) is 23.6 Å². The lowest BCUT2D eigenvalue weighted by molar-refractivity contribution is -0.123. The van der Waals surface area contributed by atoms with Gasteiger partial charge in [0.15, 0.2) is 4.32 Å². The number of benzene rings is 2. The summed E-state index contributed by atoms with van der Waals surface area (Å²) in [6.45, 7) is 3.91. The van der Waals surface area contributed by atoms with E-state index >= 15 is 0 Å². The second kappa shape index (κ2) is 8.59. The zero-order valence-corrected chi connectivity index (χ0v) is 18.7. The van der Waals surface area contributed by atoms with Crippen LogP contribution < -0.4 is 10.2 Å². The molecule has 2 heterocycles. The van der Waals surface area contributed by atoms with Gasteiger partial charge in [-0.15, -0.1) is 11.3 Å². The Balaban J connectivity index is 1.69. The monoisotopic (exact) mass is 454 g/mol. The van der Waals surface area contributed by atoms with Crippen molar-refractivity contribution in [3.05, 3.63) is 69.3 Å². The second-order valence-electron chi connectivity index (χ2n) is 6.80. The summed E-state index contributed by atoms with van der Waals surface area (Å²) in [7, 11) is 0. The number of hydrazine groups is 1. The molecule has 152 valence electrons. The highest BCUT2D eigenvalue weighted by atomic mass is 32.2. The number of amides is 2. The van der Waals surface area contributed by atoms with Crippen LogP contribution in [0.2, 0.25) is 0 Å². The minimum Gasteiger partial charge on any atom is -0.490 e. The average Bonchev–Trinajstić information content (AvgIpc) is 3.34. The fraction of sp³-hybridized carbons (Fsp3) is 0.136. The number of thioether (sulfide) groups is 1. The Morgan fingerprint density at radius 2 is 1.97 bits per heavy atom. The molecule has 4 rings (SSSR count). The number of nitrogens with zero attached hydrogens (tertiary/aromatic N) is 1. The molecule has 1 fully saturated rings. The van der Waals surface area contributed by atoms with E-state index in [1.165, 1.54) is 11.3 Å². The van der Waals surface area contributed by atoms with E-state index in [1.807, 2.05) is 50.2 Å². The summed E-state index contributed by atoms with van der Waals surface area (Å²) in [5.74, 6) is -0.0357. The number of ether oxygens (including phenoxy) is 1. The lowest BCUT2D eigenvalue weighted by atomic mass is 10.0. The Hall–Kier alpha value is -2.68. The number of fused-ring (bicyclic) bond motifs is 1. The third kappa shape index (κ3) is 4.12. The smallest absolute Gasteiger partial charge is 0.285 e. The van der Waals surface area contributed by atoms with Gasteiger partial charge in [-0.2, -0.15) is 5.01 Å². The van der Waals surface area contributed by atoms with Crippen molar-refractivity contribution in [1.82, 2.24) is 10.4 Å². The summed E-state index contributed by atoms with van der Waals surface area (Å²) in [5.41, 5.74) is 3.41. The summed E-state index contributed by atoms with van der Waals surface area (Å²) in [6.07, 6.45) is 1.77. The number of thiocarbonyl (C=S) groups is 1. The quantitative estimate of drug-likeness (QED) is 0.422. The number of nitrogens with one attached hydrogen (secondary N) is 1. The molecule has 2 aromatic carbocycles. The Bertz CT molecular complexity index is 1170. The van der Waals surface area contributed by atoms with Gasteiger partial charge in [0.05, 0.1) is 15.9 Å². The Morgan fingerprint density at radius 1 is 1.17 bits per heavy atom. The van der Waals surface area contributed by atoms with Crippen LogP contribution in [-0.2, 0) is 4.79 Å². The van der Waals surface area contributed by atoms with E-state index in [-0.39, 0.29) is 22.2 Å². The number of carbonyl (C=O) groups is 2. The van der Waals surface area contributed by atoms with Gasteiger partial charge in [-0.1, -0.05) is 48.2 Å². The molecular weight excluding hydrogens is 436 g/mol. The van der Waals surface area contributed by atoms with Gasteiger partial charge in [0.25, 0.3) is 11.8 Å². The molecule has 1 aliphatic rings. The maximum Gasteiger partial charge on any atom is 0.285 e. The Labute approximate surface area is 187 Å². The highest BCUT2D eigenvalue weighted by Crippen LogP contribution is 2.36. The van der Waals surface area contributed by atoms with E-state index in [9.17, 15) is 9.59 Å². The van der Waals surface area contributed by atoms with Gasteiger partial charge >= 0.3 is 0 Å². The molecule has 0 radical (unpaired) electrons. The van der Waals surface area contributed by atoms with Crippen molar-refractivity contribution in [2.75, 3.05) is 0 Å². The molecular formula is C22H18N2O3S3. The molecule has 0 saturated carbocycles. The standard InChI is InChI=1S/C22H18N2O3S3/c1-13(2)27-17-10-9-14-6-3-4-7-15(14)16(17)12-19-21(26)24(22(28)30-19)23-20(25)18-8-5-11-29-18/h3-13H,1-2H3,(H,23,25)/b19-12+. The SMILES string of the molecule is CC(C)Oc1ccc2ccccc2c1/C=C1/SC(=S)N(NC(=O)c2cccs2)C1=O. The molecule has 0 unspecified atom stereocenters. The van der Waals surface area contributed by atoms with Gasteiger partial charge in [-0.25, -0.2) is 0 Å². The predicted molar refractivity (Wildman–Crippen MR) is 127 cm³/mol. The fourth-order valence-corrected chi connectivity index (χ4v) is 4.82. The second-order valence-corrected chi connectivity index (χ2v) is 9.42. The summed E-state index contributed by atoms with van der Waals surface area (Å²) in [6, 6.07) is 15.3.